The first-order valence-electron chi connectivity index (χ1n) is 8.76. The molecule has 28 heavy (non-hydrogen) atoms. The van der Waals surface area contributed by atoms with E-state index in [0.717, 1.165) is 28.8 Å². The molecule has 8 nitrogen and oxygen atoms in total. The molecule has 0 unspecified atom stereocenters. The maximum absolute atomic E-state index is 9.48. The number of amidine groups is 1. The summed E-state index contributed by atoms with van der Waals surface area (Å²) in [6, 6.07) is 0. The van der Waals surface area contributed by atoms with Gasteiger partial charge in [0.15, 0.2) is 0 Å². The number of rotatable bonds is 7. The predicted octanol–water partition coefficient (Wildman–Crippen LogP) is 1.39. The summed E-state index contributed by atoms with van der Waals surface area (Å²) in [5.41, 5.74) is 9.01. The second kappa shape index (κ2) is 9.01. The molecule has 148 valence electrons. The van der Waals surface area contributed by atoms with Gasteiger partial charge in [-0.1, -0.05) is 13.8 Å². The molecule has 2 rings (SSSR count). The number of hydrogen-bond acceptors (Lipinski definition) is 7. The number of dihydropyridines is 2. The predicted molar refractivity (Wildman–Crippen MR) is 114 cm³/mol. The van der Waals surface area contributed by atoms with Gasteiger partial charge in [0.2, 0.25) is 0 Å². The Balaban J connectivity index is 2.15. The van der Waals surface area contributed by atoms with Crippen molar-refractivity contribution in [3.05, 3.63) is 70.6 Å². The van der Waals surface area contributed by atoms with Crippen LogP contribution in [0.4, 0.5) is 0 Å². The van der Waals surface area contributed by atoms with Crippen molar-refractivity contribution in [2.45, 2.75) is 13.8 Å². The van der Waals surface area contributed by atoms with Crippen LogP contribution in [-0.2, 0) is 0 Å². The Morgan fingerprint density at radius 2 is 2.11 bits per heavy atom. The number of aliphatic imine (C=N–C) groups is 1. The third-order valence-corrected chi connectivity index (χ3v) is 4.34. The lowest BCUT2D eigenvalue weighted by Crippen LogP contribution is -2.35. The zero-order valence-corrected chi connectivity index (χ0v) is 16.3. The fourth-order valence-electron chi connectivity index (χ4n) is 2.56. The summed E-state index contributed by atoms with van der Waals surface area (Å²) in [4.78, 5) is 4.00. The Morgan fingerprint density at radius 3 is 2.71 bits per heavy atom. The van der Waals surface area contributed by atoms with E-state index >= 15 is 0 Å². The zero-order valence-electron chi connectivity index (χ0n) is 16.3. The van der Waals surface area contributed by atoms with Crippen LogP contribution >= 0.6 is 0 Å². The van der Waals surface area contributed by atoms with E-state index in [0.29, 0.717) is 11.4 Å². The molecule has 0 saturated heterocycles. The molecule has 8 N–H and O–H groups in total. The summed E-state index contributed by atoms with van der Waals surface area (Å²) in [6.45, 7) is 3.53. The molecule has 0 aromatic heterocycles. The van der Waals surface area contributed by atoms with Gasteiger partial charge in [0, 0.05) is 48.4 Å². The van der Waals surface area contributed by atoms with E-state index in [1.165, 1.54) is 12.3 Å². The fraction of sp³-hybridized carbons (Fsp3) is 0.250. The van der Waals surface area contributed by atoms with Crippen molar-refractivity contribution in [2.75, 3.05) is 13.7 Å². The molecular weight excluding hydrogens is 354 g/mol. The quantitative estimate of drug-likeness (QED) is 0.263. The minimum Gasteiger partial charge on any atom is -0.404 e. The van der Waals surface area contributed by atoms with Crippen molar-refractivity contribution in [3.8, 4) is 0 Å². The Bertz CT molecular complexity index is 867. The number of aliphatic hydroxyl groups excluding tert-OH is 1. The van der Waals surface area contributed by atoms with Crippen LogP contribution in [0.2, 0.25) is 0 Å². The van der Waals surface area contributed by atoms with Gasteiger partial charge in [-0.15, -0.1) is 0 Å². The molecule has 0 aromatic carbocycles. The van der Waals surface area contributed by atoms with Gasteiger partial charge in [-0.05, 0) is 29.9 Å². The molecular formula is C20H27N7O. The van der Waals surface area contributed by atoms with Gasteiger partial charge in [0.05, 0.1) is 18.0 Å². The van der Waals surface area contributed by atoms with Crippen LogP contribution in [0.15, 0.2) is 75.6 Å². The van der Waals surface area contributed by atoms with Gasteiger partial charge in [0.25, 0.3) is 0 Å². The second-order valence-corrected chi connectivity index (χ2v) is 6.92. The van der Waals surface area contributed by atoms with Crippen molar-refractivity contribution in [1.82, 2.24) is 16.0 Å². The monoisotopic (exact) mass is 381 g/mol. The van der Waals surface area contributed by atoms with Crippen molar-refractivity contribution < 1.29 is 5.11 Å². The highest BCUT2D eigenvalue weighted by atomic mass is 16.3. The summed E-state index contributed by atoms with van der Waals surface area (Å²) >= 11 is 0. The van der Waals surface area contributed by atoms with Crippen LogP contribution < -0.4 is 21.7 Å². The maximum atomic E-state index is 9.48. The van der Waals surface area contributed by atoms with Crippen LogP contribution in [0.3, 0.4) is 0 Å². The lowest BCUT2D eigenvalue weighted by molar-refractivity contribution is 0.195. The Kier molecular flexibility index (Phi) is 6.73. The minimum atomic E-state index is -0.599. The molecule has 0 amide bonds. The molecule has 0 fully saturated rings. The first-order chi connectivity index (χ1) is 13.3. The van der Waals surface area contributed by atoms with Gasteiger partial charge in [-0.25, -0.2) is 0 Å². The molecule has 0 bridgehead atoms. The SMILES string of the molecule is CN=CC(=CN)C1=CNC2=CC=C(NC(=N)C=C(C=N)C(C)(C)CO)NC2=C1. The molecule has 8 heteroatoms. The summed E-state index contributed by atoms with van der Waals surface area (Å²) in [5, 5.41) is 34.6. The van der Waals surface area contributed by atoms with Gasteiger partial charge >= 0.3 is 0 Å². The van der Waals surface area contributed by atoms with Gasteiger partial charge in [-0.2, -0.15) is 0 Å². The third kappa shape index (κ3) is 4.86. The van der Waals surface area contributed by atoms with E-state index < -0.39 is 5.41 Å². The first kappa shape index (κ1) is 20.9. The number of hydrogen-bond donors (Lipinski definition) is 7. The average molecular weight is 381 g/mol. The summed E-state index contributed by atoms with van der Waals surface area (Å²) in [7, 11) is 1.68. The summed E-state index contributed by atoms with van der Waals surface area (Å²) < 4.78 is 0. The number of nitrogens with zero attached hydrogens (tertiary/aromatic N) is 1. The van der Waals surface area contributed by atoms with Crippen molar-refractivity contribution in [1.29, 1.82) is 10.8 Å². The van der Waals surface area contributed by atoms with Crippen molar-refractivity contribution in [2.24, 2.45) is 16.1 Å². The van der Waals surface area contributed by atoms with E-state index in [-0.39, 0.29) is 12.4 Å². The number of aliphatic hydroxyl groups is 1. The lowest BCUT2D eigenvalue weighted by atomic mass is 9.85. The van der Waals surface area contributed by atoms with Crippen LogP contribution in [0.1, 0.15) is 13.8 Å². The number of allylic oxidation sites excluding steroid dienone is 5. The van der Waals surface area contributed by atoms with Gasteiger partial charge < -0.3 is 32.2 Å². The Labute approximate surface area is 165 Å². The van der Waals surface area contributed by atoms with Gasteiger partial charge in [0.1, 0.15) is 11.7 Å². The maximum Gasteiger partial charge on any atom is 0.123 e. The number of nitrogens with two attached hydrogens (primary N) is 1. The largest absolute Gasteiger partial charge is 0.404 e. The second-order valence-electron chi connectivity index (χ2n) is 6.92. The smallest absolute Gasteiger partial charge is 0.123 e. The first-order valence-corrected chi connectivity index (χ1v) is 8.76. The fourth-order valence-corrected chi connectivity index (χ4v) is 2.56. The Morgan fingerprint density at radius 1 is 1.36 bits per heavy atom. The van der Waals surface area contributed by atoms with E-state index in [1.54, 1.807) is 13.3 Å². The number of nitrogens with one attached hydrogen (secondary N) is 5. The molecule has 0 spiro atoms. The van der Waals surface area contributed by atoms with Gasteiger partial charge in [-0.3, -0.25) is 10.4 Å². The topological polar surface area (TPSA) is 142 Å². The standard InChI is InChI=1S/C20H27N7O/c1-20(2,12-28)15(9-22)7-18(23)27-19-5-4-16-17(26-19)6-13(11-25-16)14(8-21)10-24-3/h4-11,22,25-26,28H,12,21H2,1-3H3,(H2,23,27). The van der Waals surface area contributed by atoms with Crippen LogP contribution in [0.25, 0.3) is 0 Å². The number of fused-ring (bicyclic) bond motifs is 1. The normalized spacial score (nSPS) is 17.4. The van der Waals surface area contributed by atoms with Crippen molar-refractivity contribution >= 4 is 18.3 Å². The van der Waals surface area contributed by atoms with E-state index in [1.807, 2.05) is 38.3 Å². The van der Waals surface area contributed by atoms with E-state index in [9.17, 15) is 5.11 Å². The van der Waals surface area contributed by atoms with Crippen LogP contribution in [0.5, 0.6) is 0 Å². The molecule has 2 aliphatic heterocycles. The molecule has 0 aromatic rings. The molecule has 2 aliphatic rings. The highest BCUT2D eigenvalue weighted by molar-refractivity contribution is 5.97. The Hall–Kier alpha value is -3.39. The average Bonchev–Trinajstić information content (AvgIpc) is 2.69. The highest BCUT2D eigenvalue weighted by Gasteiger charge is 2.22. The lowest BCUT2D eigenvalue weighted by Gasteiger charge is -2.26. The minimum absolute atomic E-state index is 0.108. The highest BCUT2D eigenvalue weighted by Crippen LogP contribution is 2.24. The molecule has 0 radical (unpaired) electrons. The molecule has 0 saturated carbocycles. The molecule has 0 atom stereocenters. The molecule has 0 aliphatic carbocycles. The third-order valence-electron chi connectivity index (χ3n) is 4.34. The van der Waals surface area contributed by atoms with Crippen LogP contribution in [0, 0.1) is 16.2 Å². The molecule has 2 heterocycles. The van der Waals surface area contributed by atoms with Crippen molar-refractivity contribution in [3.63, 3.8) is 0 Å². The summed E-state index contributed by atoms with van der Waals surface area (Å²) in [6.07, 6.45) is 13.4. The van der Waals surface area contributed by atoms with E-state index in [2.05, 4.69) is 20.9 Å². The van der Waals surface area contributed by atoms with E-state index in [4.69, 9.17) is 16.6 Å². The van der Waals surface area contributed by atoms with Crippen LogP contribution in [-0.4, -0.2) is 37.0 Å². The summed E-state index contributed by atoms with van der Waals surface area (Å²) in [5.74, 6) is 0.726. The zero-order chi connectivity index (χ0) is 20.7.